The van der Waals surface area contributed by atoms with Crippen molar-refractivity contribution in [3.05, 3.63) is 27.1 Å². The Kier molecular flexibility index (Phi) is 4.33. The SMILES string of the molecule is COC(=O)C(Cc1ccc([N+](=O)[O-])s1)C(C)=O. The first kappa shape index (κ1) is 13.3. The van der Waals surface area contributed by atoms with Crippen molar-refractivity contribution in [1.29, 1.82) is 0 Å². The third-order valence-electron chi connectivity index (χ3n) is 2.21. The van der Waals surface area contributed by atoms with Crippen LogP contribution >= 0.6 is 11.3 Å². The van der Waals surface area contributed by atoms with Crippen LogP contribution in [0.3, 0.4) is 0 Å². The van der Waals surface area contributed by atoms with Gasteiger partial charge in [0.25, 0.3) is 0 Å². The number of nitrogens with zero attached hydrogens (tertiary/aromatic N) is 1. The summed E-state index contributed by atoms with van der Waals surface area (Å²) < 4.78 is 4.51. The summed E-state index contributed by atoms with van der Waals surface area (Å²) in [7, 11) is 1.20. The van der Waals surface area contributed by atoms with Gasteiger partial charge >= 0.3 is 11.0 Å². The Labute approximate surface area is 101 Å². The van der Waals surface area contributed by atoms with Crippen LogP contribution in [-0.4, -0.2) is 23.8 Å². The maximum atomic E-state index is 11.3. The highest BCUT2D eigenvalue weighted by Crippen LogP contribution is 2.26. The maximum Gasteiger partial charge on any atom is 0.324 e. The van der Waals surface area contributed by atoms with Crippen molar-refractivity contribution < 1.29 is 19.2 Å². The van der Waals surface area contributed by atoms with Crippen molar-refractivity contribution in [2.24, 2.45) is 5.92 Å². The minimum absolute atomic E-state index is 0.00725. The van der Waals surface area contributed by atoms with E-state index in [2.05, 4.69) is 4.74 Å². The van der Waals surface area contributed by atoms with Crippen LogP contribution in [-0.2, 0) is 20.7 Å². The molecule has 0 bridgehead atoms. The zero-order valence-corrected chi connectivity index (χ0v) is 10.2. The molecule has 0 radical (unpaired) electrons. The highest BCUT2D eigenvalue weighted by molar-refractivity contribution is 7.15. The number of thiophene rings is 1. The monoisotopic (exact) mass is 257 g/mol. The molecule has 0 aromatic carbocycles. The van der Waals surface area contributed by atoms with E-state index >= 15 is 0 Å². The lowest BCUT2D eigenvalue weighted by molar-refractivity contribution is -0.380. The summed E-state index contributed by atoms with van der Waals surface area (Å²) >= 11 is 0.956. The molecule has 0 saturated carbocycles. The Balaban J connectivity index is 2.82. The number of rotatable bonds is 5. The van der Waals surface area contributed by atoms with Crippen LogP contribution in [0, 0.1) is 16.0 Å². The van der Waals surface area contributed by atoms with Gasteiger partial charge in [-0.15, -0.1) is 0 Å². The molecule has 7 heteroatoms. The van der Waals surface area contributed by atoms with Crippen molar-refractivity contribution >= 4 is 28.1 Å². The number of ketones is 1. The Morgan fingerprint density at radius 3 is 2.59 bits per heavy atom. The second kappa shape index (κ2) is 5.53. The molecule has 1 aromatic heterocycles. The molecule has 0 amide bonds. The molecule has 0 saturated heterocycles. The Bertz CT molecular complexity index is 453. The fourth-order valence-corrected chi connectivity index (χ4v) is 2.18. The zero-order chi connectivity index (χ0) is 13.0. The zero-order valence-electron chi connectivity index (χ0n) is 9.34. The highest BCUT2D eigenvalue weighted by Gasteiger charge is 2.25. The molecule has 0 spiro atoms. The molecular weight excluding hydrogens is 246 g/mol. The number of Topliss-reactive ketones (excluding diaryl/α,β-unsaturated/α-hetero) is 1. The molecule has 17 heavy (non-hydrogen) atoms. The largest absolute Gasteiger partial charge is 0.468 e. The molecule has 0 aliphatic rings. The average Bonchev–Trinajstić information content (AvgIpc) is 2.73. The molecule has 1 atom stereocenters. The van der Waals surface area contributed by atoms with E-state index in [-0.39, 0.29) is 17.2 Å². The van der Waals surface area contributed by atoms with E-state index in [1.807, 2.05) is 0 Å². The molecule has 1 heterocycles. The minimum Gasteiger partial charge on any atom is -0.468 e. The molecule has 1 rings (SSSR count). The molecule has 1 unspecified atom stereocenters. The van der Waals surface area contributed by atoms with Gasteiger partial charge in [-0.3, -0.25) is 19.7 Å². The van der Waals surface area contributed by atoms with E-state index < -0.39 is 16.8 Å². The lowest BCUT2D eigenvalue weighted by atomic mass is 10.0. The van der Waals surface area contributed by atoms with Crippen molar-refractivity contribution in [2.75, 3.05) is 7.11 Å². The summed E-state index contributed by atoms with van der Waals surface area (Å²) in [5.41, 5.74) is 0. The molecule has 0 fully saturated rings. The summed E-state index contributed by atoms with van der Waals surface area (Å²) in [4.78, 5) is 33.2. The number of nitro groups is 1. The van der Waals surface area contributed by atoms with Gasteiger partial charge in [-0.2, -0.15) is 0 Å². The molecule has 0 aliphatic carbocycles. The lowest BCUT2D eigenvalue weighted by Crippen LogP contribution is -2.25. The number of methoxy groups -OCH3 is 1. The Hall–Kier alpha value is -1.76. The summed E-state index contributed by atoms with van der Waals surface area (Å²) in [6.07, 6.45) is 0.139. The topological polar surface area (TPSA) is 86.5 Å². The van der Waals surface area contributed by atoms with Gasteiger partial charge in [-0.1, -0.05) is 11.3 Å². The number of esters is 1. The van der Waals surface area contributed by atoms with Gasteiger partial charge in [-0.25, -0.2) is 0 Å². The minimum atomic E-state index is -0.891. The van der Waals surface area contributed by atoms with Gasteiger partial charge in [0.05, 0.1) is 12.0 Å². The van der Waals surface area contributed by atoms with Crippen LogP contribution in [0.1, 0.15) is 11.8 Å². The first-order valence-corrected chi connectivity index (χ1v) is 5.58. The van der Waals surface area contributed by atoms with E-state index in [1.165, 1.54) is 20.1 Å². The van der Waals surface area contributed by atoms with E-state index in [0.717, 1.165) is 11.3 Å². The van der Waals surface area contributed by atoms with Crippen molar-refractivity contribution in [3.63, 3.8) is 0 Å². The predicted molar refractivity (Wildman–Crippen MR) is 60.9 cm³/mol. The number of hydrogen-bond acceptors (Lipinski definition) is 6. The quantitative estimate of drug-likeness (QED) is 0.346. The van der Waals surface area contributed by atoms with E-state index in [1.54, 1.807) is 6.07 Å². The Morgan fingerprint density at radius 1 is 1.53 bits per heavy atom. The molecule has 6 nitrogen and oxygen atoms in total. The van der Waals surface area contributed by atoms with Gasteiger partial charge < -0.3 is 4.74 Å². The van der Waals surface area contributed by atoms with Crippen LogP contribution in [0.4, 0.5) is 5.00 Å². The number of hydrogen-bond donors (Lipinski definition) is 0. The van der Waals surface area contributed by atoms with Crippen LogP contribution in [0.2, 0.25) is 0 Å². The summed E-state index contributed by atoms with van der Waals surface area (Å²) in [6.45, 7) is 1.30. The first-order valence-electron chi connectivity index (χ1n) is 4.77. The fraction of sp³-hybridized carbons (Fsp3) is 0.400. The van der Waals surface area contributed by atoms with Gasteiger partial charge in [0, 0.05) is 17.4 Å². The van der Waals surface area contributed by atoms with Gasteiger partial charge in [-0.05, 0) is 13.0 Å². The summed E-state index contributed by atoms with van der Waals surface area (Å²) in [6, 6.07) is 2.90. The Morgan fingerprint density at radius 2 is 2.18 bits per heavy atom. The van der Waals surface area contributed by atoms with Gasteiger partial charge in [0.1, 0.15) is 11.7 Å². The third kappa shape index (κ3) is 3.35. The number of carbonyl (C=O) groups excluding carboxylic acids is 2. The molecule has 0 aliphatic heterocycles. The van der Waals surface area contributed by atoms with Gasteiger partial charge in [0.15, 0.2) is 0 Å². The number of ether oxygens (including phenoxy) is 1. The molecular formula is C10H11NO5S. The summed E-state index contributed by atoms with van der Waals surface area (Å²) in [5, 5.41) is 10.5. The lowest BCUT2D eigenvalue weighted by Gasteiger charge is -2.09. The third-order valence-corrected chi connectivity index (χ3v) is 3.27. The molecule has 0 N–H and O–H groups in total. The second-order valence-corrected chi connectivity index (χ2v) is 4.53. The average molecular weight is 257 g/mol. The maximum absolute atomic E-state index is 11.3. The smallest absolute Gasteiger partial charge is 0.324 e. The van der Waals surface area contributed by atoms with Crippen LogP contribution in [0.5, 0.6) is 0 Å². The van der Waals surface area contributed by atoms with Crippen LogP contribution in [0.15, 0.2) is 12.1 Å². The molecule has 1 aromatic rings. The fourth-order valence-electron chi connectivity index (χ4n) is 1.31. The standard InChI is InChI=1S/C10H11NO5S/c1-6(12)8(10(13)16-2)5-7-3-4-9(17-7)11(14)15/h3-4,8H,5H2,1-2H3. The van der Waals surface area contributed by atoms with E-state index in [9.17, 15) is 19.7 Å². The predicted octanol–water partition coefficient (Wildman–Crippen LogP) is 1.58. The van der Waals surface area contributed by atoms with Crippen LogP contribution in [0.25, 0.3) is 0 Å². The van der Waals surface area contributed by atoms with Crippen molar-refractivity contribution in [2.45, 2.75) is 13.3 Å². The normalized spacial score (nSPS) is 11.9. The van der Waals surface area contributed by atoms with Crippen LogP contribution < -0.4 is 0 Å². The first-order chi connectivity index (χ1) is 7.95. The van der Waals surface area contributed by atoms with Crippen molar-refractivity contribution in [3.8, 4) is 0 Å². The second-order valence-electron chi connectivity index (χ2n) is 3.39. The highest BCUT2D eigenvalue weighted by atomic mass is 32.1. The number of carbonyl (C=O) groups is 2. The molecule has 92 valence electrons. The van der Waals surface area contributed by atoms with E-state index in [4.69, 9.17) is 0 Å². The van der Waals surface area contributed by atoms with E-state index in [0.29, 0.717) is 4.88 Å². The van der Waals surface area contributed by atoms with Crippen molar-refractivity contribution in [1.82, 2.24) is 0 Å². The van der Waals surface area contributed by atoms with Gasteiger partial charge in [0.2, 0.25) is 0 Å². The summed E-state index contributed by atoms with van der Waals surface area (Å²) in [5.74, 6) is -1.82.